The topological polar surface area (TPSA) is 40.5 Å². The van der Waals surface area contributed by atoms with E-state index in [1.807, 2.05) is 18.2 Å². The Balaban J connectivity index is 2.00. The molecule has 1 heterocycles. The van der Waals surface area contributed by atoms with Gasteiger partial charge in [-0.15, -0.1) is 0 Å². The highest BCUT2D eigenvalue weighted by atomic mass is 35.5. The maximum absolute atomic E-state index is 11.4. The number of fused-ring (bicyclic) bond motifs is 1. The van der Waals surface area contributed by atoms with Gasteiger partial charge in [-0.3, -0.25) is 0 Å². The van der Waals surface area contributed by atoms with Gasteiger partial charge in [-0.05, 0) is 42.4 Å². The van der Waals surface area contributed by atoms with Gasteiger partial charge in [-0.25, -0.2) is 4.79 Å². The number of nitrogens with zero attached hydrogens (tertiary/aromatic N) is 1. The maximum atomic E-state index is 11.4. The zero-order valence-corrected chi connectivity index (χ0v) is 13.5. The zero-order valence-electron chi connectivity index (χ0n) is 12.0. The van der Waals surface area contributed by atoms with E-state index in [4.69, 9.17) is 23.2 Å². The quantitative estimate of drug-likeness (QED) is 0.858. The van der Waals surface area contributed by atoms with Crippen LogP contribution in [-0.2, 0) is 5.41 Å². The number of rotatable bonds is 2. The third-order valence-electron chi connectivity index (χ3n) is 5.31. The number of hydrogen-bond acceptors (Lipinski definition) is 1. The van der Waals surface area contributed by atoms with Gasteiger partial charge in [0, 0.05) is 18.5 Å². The molecule has 5 heteroatoms. The van der Waals surface area contributed by atoms with Crippen LogP contribution < -0.4 is 0 Å². The summed E-state index contributed by atoms with van der Waals surface area (Å²) in [6.07, 6.45) is 2.46. The second-order valence-electron chi connectivity index (χ2n) is 6.36. The Labute approximate surface area is 134 Å². The minimum Gasteiger partial charge on any atom is -0.465 e. The van der Waals surface area contributed by atoms with Crippen LogP contribution in [0.3, 0.4) is 0 Å². The standard InChI is InChI=1S/C16H19Cl2NO2/c1-2-10-5-12-8-19(15(20)21)9-16(12,7-10)11-3-4-13(17)14(18)6-11/h3-4,6,10,12H,2,5,7-9H2,1H3,(H,20,21)/t10?,12-,16+/m1/s1. The van der Waals surface area contributed by atoms with E-state index < -0.39 is 6.09 Å². The molecule has 3 rings (SSSR count). The lowest BCUT2D eigenvalue weighted by atomic mass is 9.74. The van der Waals surface area contributed by atoms with Crippen LogP contribution in [0, 0.1) is 11.8 Å². The molecule has 1 aliphatic heterocycles. The van der Waals surface area contributed by atoms with Crippen molar-refractivity contribution in [1.82, 2.24) is 4.90 Å². The molecular formula is C16H19Cl2NO2. The van der Waals surface area contributed by atoms with E-state index in [-0.39, 0.29) is 5.41 Å². The Morgan fingerprint density at radius 1 is 1.43 bits per heavy atom. The van der Waals surface area contributed by atoms with Crippen molar-refractivity contribution in [3.05, 3.63) is 33.8 Å². The lowest BCUT2D eigenvalue weighted by molar-refractivity contribution is 0.150. The molecule has 3 nitrogen and oxygen atoms in total. The van der Waals surface area contributed by atoms with Gasteiger partial charge in [-0.2, -0.15) is 0 Å². The second-order valence-corrected chi connectivity index (χ2v) is 7.17. The van der Waals surface area contributed by atoms with Crippen molar-refractivity contribution in [1.29, 1.82) is 0 Å². The summed E-state index contributed by atoms with van der Waals surface area (Å²) in [6.45, 7) is 3.41. The number of amides is 1. The molecule has 114 valence electrons. The van der Waals surface area contributed by atoms with Gasteiger partial charge in [0.2, 0.25) is 0 Å². The SMILES string of the molecule is CCC1C[C@@H]2CN(C(=O)O)C[C@]2(c2ccc(Cl)c(Cl)c2)C1. The van der Waals surface area contributed by atoms with E-state index in [0.717, 1.165) is 24.8 Å². The number of hydrogen-bond donors (Lipinski definition) is 1. The first kappa shape index (κ1) is 15.0. The summed E-state index contributed by atoms with van der Waals surface area (Å²) in [6, 6.07) is 5.78. The predicted molar refractivity (Wildman–Crippen MR) is 84.2 cm³/mol. The molecule has 1 saturated carbocycles. The molecule has 1 unspecified atom stereocenters. The molecule has 0 aromatic heterocycles. The largest absolute Gasteiger partial charge is 0.465 e. The lowest BCUT2D eigenvalue weighted by Crippen LogP contribution is -2.34. The van der Waals surface area contributed by atoms with Gasteiger partial charge in [-0.1, -0.05) is 42.6 Å². The summed E-state index contributed by atoms with van der Waals surface area (Å²) >= 11 is 12.2. The Hall–Kier alpha value is -0.930. The van der Waals surface area contributed by atoms with E-state index in [1.165, 1.54) is 0 Å². The van der Waals surface area contributed by atoms with Crippen LogP contribution in [0.4, 0.5) is 4.79 Å². The van der Waals surface area contributed by atoms with Crippen LogP contribution in [-0.4, -0.2) is 29.2 Å². The second kappa shape index (κ2) is 5.36. The molecular weight excluding hydrogens is 309 g/mol. The molecule has 2 aliphatic rings. The fourth-order valence-electron chi connectivity index (χ4n) is 4.21. The third-order valence-corrected chi connectivity index (χ3v) is 6.05. The van der Waals surface area contributed by atoms with Crippen molar-refractivity contribution in [2.75, 3.05) is 13.1 Å². The Morgan fingerprint density at radius 2 is 2.19 bits per heavy atom. The molecule has 1 saturated heterocycles. The third kappa shape index (κ3) is 2.40. The smallest absolute Gasteiger partial charge is 0.407 e. The summed E-state index contributed by atoms with van der Waals surface area (Å²) in [5, 5.41) is 10.4. The van der Waals surface area contributed by atoms with Crippen LogP contribution in [0.25, 0.3) is 0 Å². The average Bonchev–Trinajstić information content (AvgIpc) is 2.96. The van der Waals surface area contributed by atoms with E-state index in [9.17, 15) is 9.90 Å². The van der Waals surface area contributed by atoms with Gasteiger partial charge in [0.15, 0.2) is 0 Å². The van der Waals surface area contributed by atoms with E-state index >= 15 is 0 Å². The molecule has 0 spiro atoms. The summed E-state index contributed by atoms with van der Waals surface area (Å²) in [5.41, 5.74) is 1.05. The molecule has 0 radical (unpaired) electrons. The van der Waals surface area contributed by atoms with Crippen LogP contribution in [0.15, 0.2) is 18.2 Å². The van der Waals surface area contributed by atoms with E-state index in [0.29, 0.717) is 35.0 Å². The first-order valence-corrected chi connectivity index (χ1v) is 8.15. The summed E-state index contributed by atoms with van der Waals surface area (Å²) in [7, 11) is 0. The van der Waals surface area contributed by atoms with Gasteiger partial charge in [0.05, 0.1) is 10.0 Å². The zero-order chi connectivity index (χ0) is 15.2. The van der Waals surface area contributed by atoms with Gasteiger partial charge < -0.3 is 10.0 Å². The van der Waals surface area contributed by atoms with Crippen molar-refractivity contribution in [2.24, 2.45) is 11.8 Å². The fraction of sp³-hybridized carbons (Fsp3) is 0.562. The van der Waals surface area contributed by atoms with Gasteiger partial charge in [0.1, 0.15) is 0 Å². The predicted octanol–water partition coefficient (Wildman–Crippen LogP) is 4.66. The fourth-order valence-corrected chi connectivity index (χ4v) is 4.51. The molecule has 2 fully saturated rings. The van der Waals surface area contributed by atoms with E-state index in [1.54, 1.807) is 4.90 Å². The van der Waals surface area contributed by atoms with Crippen LogP contribution in [0.2, 0.25) is 10.0 Å². The molecule has 1 aliphatic carbocycles. The Morgan fingerprint density at radius 3 is 2.81 bits per heavy atom. The van der Waals surface area contributed by atoms with Crippen LogP contribution in [0.5, 0.6) is 0 Å². The Bertz CT molecular complexity index is 577. The normalized spacial score (nSPS) is 31.5. The van der Waals surface area contributed by atoms with Crippen molar-refractivity contribution >= 4 is 29.3 Å². The van der Waals surface area contributed by atoms with Gasteiger partial charge >= 0.3 is 6.09 Å². The highest BCUT2D eigenvalue weighted by molar-refractivity contribution is 6.42. The van der Waals surface area contributed by atoms with Gasteiger partial charge in [0.25, 0.3) is 0 Å². The molecule has 0 bridgehead atoms. The molecule has 3 atom stereocenters. The lowest BCUT2D eigenvalue weighted by Gasteiger charge is -2.30. The van der Waals surface area contributed by atoms with Crippen molar-refractivity contribution in [2.45, 2.75) is 31.6 Å². The number of carboxylic acid groups (broad SMARTS) is 1. The first-order chi connectivity index (χ1) is 9.96. The number of benzene rings is 1. The van der Waals surface area contributed by atoms with Crippen molar-refractivity contribution < 1.29 is 9.90 Å². The monoisotopic (exact) mass is 327 g/mol. The minimum atomic E-state index is -0.822. The highest BCUT2D eigenvalue weighted by Crippen LogP contribution is 2.54. The Kier molecular flexibility index (Phi) is 3.83. The number of carbonyl (C=O) groups is 1. The molecule has 1 aromatic carbocycles. The van der Waals surface area contributed by atoms with Crippen molar-refractivity contribution in [3.63, 3.8) is 0 Å². The first-order valence-electron chi connectivity index (χ1n) is 7.39. The highest BCUT2D eigenvalue weighted by Gasteiger charge is 2.54. The van der Waals surface area contributed by atoms with Crippen LogP contribution in [0.1, 0.15) is 31.7 Å². The molecule has 1 N–H and O–H groups in total. The maximum Gasteiger partial charge on any atom is 0.407 e. The summed E-state index contributed by atoms with van der Waals surface area (Å²) < 4.78 is 0. The molecule has 1 aromatic rings. The van der Waals surface area contributed by atoms with E-state index in [2.05, 4.69) is 6.92 Å². The van der Waals surface area contributed by atoms with Crippen molar-refractivity contribution in [3.8, 4) is 0 Å². The minimum absolute atomic E-state index is 0.0900. The molecule has 1 amide bonds. The summed E-state index contributed by atoms with van der Waals surface area (Å²) in [5.74, 6) is 1.05. The van der Waals surface area contributed by atoms with Crippen LogP contribution >= 0.6 is 23.2 Å². The number of likely N-dealkylation sites (tertiary alicyclic amines) is 1. The average molecular weight is 328 g/mol. The molecule has 21 heavy (non-hydrogen) atoms. The summed E-state index contributed by atoms with van der Waals surface area (Å²) in [4.78, 5) is 12.9. The number of halogens is 2.